The fourth-order valence-electron chi connectivity index (χ4n) is 2.50. The minimum Gasteiger partial charge on any atom is -0.348 e. The van der Waals surface area contributed by atoms with Gasteiger partial charge in [0.05, 0.1) is 6.33 Å². The zero-order valence-corrected chi connectivity index (χ0v) is 12.2. The van der Waals surface area contributed by atoms with Crippen LogP contribution >= 0.6 is 11.8 Å². The zero-order valence-electron chi connectivity index (χ0n) is 11.3. The van der Waals surface area contributed by atoms with E-state index in [0.717, 1.165) is 12.8 Å². The number of rotatable bonds is 5. The summed E-state index contributed by atoms with van der Waals surface area (Å²) in [6.07, 6.45) is 10.2. The van der Waals surface area contributed by atoms with E-state index in [1.54, 1.807) is 12.5 Å². The van der Waals surface area contributed by atoms with Gasteiger partial charge in [0.25, 0.3) is 5.91 Å². The third kappa shape index (κ3) is 3.98. The summed E-state index contributed by atoms with van der Waals surface area (Å²) in [5.41, 5.74) is 5.96. The number of carbonyl (C=O) groups excluding carboxylic acids is 1. The summed E-state index contributed by atoms with van der Waals surface area (Å²) < 4.78 is 1.85. The Labute approximate surface area is 118 Å². The van der Waals surface area contributed by atoms with Gasteiger partial charge in [-0.15, -0.1) is 0 Å². The van der Waals surface area contributed by atoms with Crippen molar-refractivity contribution in [3.63, 3.8) is 0 Å². The molecule has 0 bridgehead atoms. The van der Waals surface area contributed by atoms with E-state index in [4.69, 9.17) is 5.73 Å². The molecule has 2 atom stereocenters. The average molecular weight is 282 g/mol. The van der Waals surface area contributed by atoms with Gasteiger partial charge in [0, 0.05) is 30.6 Å². The molecule has 1 aliphatic carbocycles. The summed E-state index contributed by atoms with van der Waals surface area (Å²) in [7, 11) is 0. The number of hydrogen-bond donors (Lipinski definition) is 2. The fraction of sp³-hybridized carbons (Fsp3) is 0.692. The molecule has 19 heavy (non-hydrogen) atoms. The first-order valence-electron chi connectivity index (χ1n) is 6.78. The lowest BCUT2D eigenvalue weighted by Crippen LogP contribution is -2.39. The number of imidazole rings is 1. The number of nitrogens with one attached hydrogen (secondary N) is 1. The number of amides is 1. The third-order valence-electron chi connectivity index (χ3n) is 3.55. The van der Waals surface area contributed by atoms with Gasteiger partial charge in [0.1, 0.15) is 5.69 Å². The molecule has 0 spiro atoms. The first-order chi connectivity index (χ1) is 9.22. The van der Waals surface area contributed by atoms with Crippen molar-refractivity contribution >= 4 is 17.7 Å². The van der Waals surface area contributed by atoms with Crippen LogP contribution in [0.5, 0.6) is 0 Å². The highest BCUT2D eigenvalue weighted by Crippen LogP contribution is 2.26. The lowest BCUT2D eigenvalue weighted by Gasteiger charge is -2.28. The Bertz CT molecular complexity index is 421. The van der Waals surface area contributed by atoms with Gasteiger partial charge in [-0.1, -0.05) is 6.42 Å². The van der Waals surface area contributed by atoms with Crippen molar-refractivity contribution in [2.24, 2.45) is 5.73 Å². The normalized spacial score (nSPS) is 23.3. The van der Waals surface area contributed by atoms with Crippen LogP contribution in [0.4, 0.5) is 0 Å². The molecule has 106 valence electrons. The Morgan fingerprint density at radius 2 is 2.47 bits per heavy atom. The van der Waals surface area contributed by atoms with Crippen LogP contribution in [0.15, 0.2) is 12.5 Å². The highest BCUT2D eigenvalue weighted by Gasteiger charge is 2.23. The number of nitrogens with zero attached hydrogens (tertiary/aromatic N) is 2. The summed E-state index contributed by atoms with van der Waals surface area (Å²) in [5.74, 6) is -0.0671. The first kappa shape index (κ1) is 14.4. The second-order valence-corrected chi connectivity index (χ2v) is 6.12. The minimum absolute atomic E-state index is 0.0671. The van der Waals surface area contributed by atoms with Crippen molar-refractivity contribution in [3.8, 4) is 0 Å². The van der Waals surface area contributed by atoms with Gasteiger partial charge in [-0.25, -0.2) is 4.98 Å². The monoisotopic (exact) mass is 282 g/mol. The molecule has 1 aromatic heterocycles. The van der Waals surface area contributed by atoms with Crippen LogP contribution in [0.2, 0.25) is 0 Å². The molecule has 0 aromatic carbocycles. The Morgan fingerprint density at radius 1 is 1.63 bits per heavy atom. The largest absolute Gasteiger partial charge is 0.348 e. The number of aromatic nitrogens is 2. The van der Waals surface area contributed by atoms with Crippen molar-refractivity contribution in [1.82, 2.24) is 14.9 Å². The Kier molecular flexibility index (Phi) is 5.27. The fourth-order valence-corrected chi connectivity index (χ4v) is 3.33. The summed E-state index contributed by atoms with van der Waals surface area (Å²) in [6.45, 7) is 1.24. The molecule has 1 heterocycles. The van der Waals surface area contributed by atoms with Gasteiger partial charge in [-0.2, -0.15) is 11.8 Å². The highest BCUT2D eigenvalue weighted by molar-refractivity contribution is 7.99. The van der Waals surface area contributed by atoms with Crippen LogP contribution in [-0.4, -0.2) is 39.6 Å². The summed E-state index contributed by atoms with van der Waals surface area (Å²) in [6, 6.07) is 0.290. The second kappa shape index (κ2) is 6.96. The van der Waals surface area contributed by atoms with Gasteiger partial charge < -0.3 is 15.6 Å². The zero-order chi connectivity index (χ0) is 13.7. The van der Waals surface area contributed by atoms with Gasteiger partial charge in [-0.05, 0) is 25.5 Å². The molecule has 5 nitrogen and oxygen atoms in total. The van der Waals surface area contributed by atoms with Gasteiger partial charge in [0.2, 0.25) is 0 Å². The molecule has 2 unspecified atom stereocenters. The van der Waals surface area contributed by atoms with Crippen molar-refractivity contribution in [3.05, 3.63) is 18.2 Å². The topological polar surface area (TPSA) is 72.9 Å². The van der Waals surface area contributed by atoms with E-state index in [1.165, 1.54) is 12.8 Å². The molecule has 0 saturated heterocycles. The average Bonchev–Trinajstić information content (AvgIpc) is 2.88. The lowest BCUT2D eigenvalue weighted by molar-refractivity contribution is 0.0924. The Morgan fingerprint density at radius 3 is 3.21 bits per heavy atom. The molecule has 1 amide bonds. The third-order valence-corrected chi connectivity index (χ3v) is 4.64. The molecular weight excluding hydrogens is 260 g/mol. The van der Waals surface area contributed by atoms with E-state index in [0.29, 0.717) is 30.1 Å². The van der Waals surface area contributed by atoms with Crippen LogP contribution in [0.3, 0.4) is 0 Å². The van der Waals surface area contributed by atoms with E-state index >= 15 is 0 Å². The molecule has 2 rings (SSSR count). The van der Waals surface area contributed by atoms with Crippen molar-refractivity contribution in [2.45, 2.75) is 43.5 Å². The van der Waals surface area contributed by atoms with Crippen LogP contribution in [-0.2, 0) is 6.54 Å². The van der Waals surface area contributed by atoms with Gasteiger partial charge >= 0.3 is 0 Å². The standard InChI is InChI=1S/C13H22N4OS/c1-19-11-4-2-3-10(7-11)16-13(18)12-8-17(6-5-14)9-15-12/h8-11H,2-7,14H2,1H3,(H,16,18). The molecular formula is C13H22N4OS. The highest BCUT2D eigenvalue weighted by atomic mass is 32.2. The van der Waals surface area contributed by atoms with E-state index in [2.05, 4.69) is 16.6 Å². The van der Waals surface area contributed by atoms with Crippen molar-refractivity contribution in [2.75, 3.05) is 12.8 Å². The maximum Gasteiger partial charge on any atom is 0.271 e. The molecule has 3 N–H and O–H groups in total. The quantitative estimate of drug-likeness (QED) is 0.852. The van der Waals surface area contributed by atoms with E-state index < -0.39 is 0 Å². The molecule has 1 aromatic rings. The van der Waals surface area contributed by atoms with Crippen LogP contribution in [0.25, 0.3) is 0 Å². The second-order valence-electron chi connectivity index (χ2n) is 4.98. The van der Waals surface area contributed by atoms with Gasteiger partial charge in [-0.3, -0.25) is 4.79 Å². The molecule has 0 radical (unpaired) electrons. The van der Waals surface area contributed by atoms with Crippen molar-refractivity contribution in [1.29, 1.82) is 0 Å². The van der Waals surface area contributed by atoms with Gasteiger partial charge in [0.15, 0.2) is 0 Å². The molecule has 1 saturated carbocycles. The summed E-state index contributed by atoms with van der Waals surface area (Å²) >= 11 is 1.90. The minimum atomic E-state index is -0.0671. The molecule has 1 fully saturated rings. The number of carbonyl (C=O) groups is 1. The summed E-state index contributed by atoms with van der Waals surface area (Å²) in [5, 5.41) is 3.77. The van der Waals surface area contributed by atoms with Crippen LogP contribution in [0, 0.1) is 0 Å². The van der Waals surface area contributed by atoms with Crippen molar-refractivity contribution < 1.29 is 4.79 Å². The molecule has 0 aliphatic heterocycles. The first-order valence-corrected chi connectivity index (χ1v) is 8.07. The van der Waals surface area contributed by atoms with Crippen LogP contribution in [0.1, 0.15) is 36.2 Å². The Balaban J connectivity index is 1.88. The SMILES string of the molecule is CSC1CCCC(NC(=O)c2cn(CCN)cn2)C1. The molecule has 1 aliphatic rings. The number of hydrogen-bond acceptors (Lipinski definition) is 4. The predicted octanol–water partition coefficient (Wildman–Crippen LogP) is 1.25. The Hall–Kier alpha value is -1.01. The maximum absolute atomic E-state index is 12.1. The summed E-state index contributed by atoms with van der Waals surface area (Å²) in [4.78, 5) is 16.2. The van der Waals surface area contributed by atoms with E-state index in [9.17, 15) is 4.79 Å². The predicted molar refractivity (Wildman–Crippen MR) is 78.3 cm³/mol. The van der Waals surface area contributed by atoms with Crippen LogP contribution < -0.4 is 11.1 Å². The van der Waals surface area contributed by atoms with E-state index in [1.807, 2.05) is 16.3 Å². The van der Waals surface area contributed by atoms with E-state index in [-0.39, 0.29) is 5.91 Å². The molecule has 6 heteroatoms. The smallest absolute Gasteiger partial charge is 0.271 e. The maximum atomic E-state index is 12.1. The number of thioether (sulfide) groups is 1. The lowest BCUT2D eigenvalue weighted by atomic mass is 9.95. The number of nitrogens with two attached hydrogens (primary N) is 1.